The third kappa shape index (κ3) is 9.77. The summed E-state index contributed by atoms with van der Waals surface area (Å²) in [7, 11) is -1.22. The number of ether oxygens (including phenoxy) is 2. The summed E-state index contributed by atoms with van der Waals surface area (Å²) in [5, 5.41) is 9.33. The molecule has 0 unspecified atom stereocenters. The first-order chi connectivity index (χ1) is 20.9. The molecule has 0 aliphatic carbocycles. The zero-order valence-electron chi connectivity index (χ0n) is 25.0. The number of carbonyl (C=O) groups is 2. The first-order valence-corrected chi connectivity index (χ1v) is 18.7. The van der Waals surface area contributed by atoms with Gasteiger partial charge in [0.2, 0.25) is 0 Å². The van der Waals surface area contributed by atoms with Gasteiger partial charge in [0, 0.05) is 11.4 Å². The molecule has 236 valence electrons. The number of carbonyl (C=O) groups excluding carboxylic acids is 1. The molecule has 0 spiro atoms. The summed E-state index contributed by atoms with van der Waals surface area (Å²) in [4.78, 5) is 23.0. The molecule has 3 aromatic rings. The molecule has 44 heavy (non-hydrogen) atoms. The lowest BCUT2D eigenvalue weighted by atomic mass is 9.93. The second-order valence-corrected chi connectivity index (χ2v) is 15.6. The van der Waals surface area contributed by atoms with Crippen molar-refractivity contribution in [3.63, 3.8) is 0 Å². The molecule has 1 N–H and O–H groups in total. The Bertz CT molecular complexity index is 1520. The Balaban J connectivity index is 1.40. The Morgan fingerprint density at radius 2 is 1.80 bits per heavy atom. The third-order valence-corrected chi connectivity index (χ3v) is 10.9. The lowest BCUT2D eigenvalue weighted by molar-refractivity contribution is -0.134. The number of hydrogen-bond donors (Lipinski definition) is 1. The minimum Gasteiger partial charge on any atom is -0.481 e. The van der Waals surface area contributed by atoms with Crippen molar-refractivity contribution in [3.05, 3.63) is 93.0 Å². The molecule has 4 rings (SSSR count). The third-order valence-electron chi connectivity index (χ3n) is 6.98. The normalized spacial score (nSPS) is 18.3. The van der Waals surface area contributed by atoms with Crippen molar-refractivity contribution in [1.82, 2.24) is 0 Å². The van der Waals surface area contributed by atoms with Gasteiger partial charge in [0.05, 0.1) is 12.7 Å². The van der Waals surface area contributed by atoms with Crippen LogP contribution in [0.15, 0.2) is 54.6 Å². The van der Waals surface area contributed by atoms with E-state index in [-0.39, 0.29) is 29.9 Å². The minimum atomic E-state index is -3.48. The molecular formula is C32H36ClO8PS2. The summed E-state index contributed by atoms with van der Waals surface area (Å²) in [6, 6.07) is 17.0. The Hall–Kier alpha value is -2.46. The second kappa shape index (κ2) is 15.7. The summed E-state index contributed by atoms with van der Waals surface area (Å²) < 4.78 is 36.4. The van der Waals surface area contributed by atoms with Crippen LogP contribution in [0.25, 0.3) is 0 Å². The van der Waals surface area contributed by atoms with Crippen molar-refractivity contribution in [2.75, 3.05) is 24.5 Å². The predicted octanol–water partition coefficient (Wildman–Crippen LogP) is 8.75. The zero-order chi connectivity index (χ0) is 31.9. The van der Waals surface area contributed by atoms with E-state index in [9.17, 15) is 14.2 Å². The maximum atomic E-state index is 13.4. The monoisotopic (exact) mass is 678 g/mol. The summed E-state index contributed by atoms with van der Waals surface area (Å²) >= 11 is 6.13. The highest BCUT2D eigenvalue weighted by molar-refractivity contribution is 8.77. The van der Waals surface area contributed by atoms with Crippen LogP contribution in [0, 0.1) is 13.8 Å². The predicted molar refractivity (Wildman–Crippen MR) is 176 cm³/mol. The topological polar surface area (TPSA) is 108 Å². The summed E-state index contributed by atoms with van der Waals surface area (Å²) in [6.07, 6.45) is 0.665. The Labute approximate surface area is 271 Å². The molecule has 1 saturated heterocycles. The molecule has 0 bridgehead atoms. The number of hydrogen-bond acceptors (Lipinski definition) is 9. The maximum Gasteiger partial charge on any atom is 0.368 e. The van der Waals surface area contributed by atoms with E-state index in [0.717, 1.165) is 55.0 Å². The second-order valence-electron chi connectivity index (χ2n) is 10.8. The number of carboxylic acids is 1. The van der Waals surface area contributed by atoms with Gasteiger partial charge in [-0.05, 0) is 89.9 Å². The van der Waals surface area contributed by atoms with E-state index in [1.54, 1.807) is 6.07 Å². The number of benzene rings is 3. The highest BCUT2D eigenvalue weighted by Gasteiger charge is 2.35. The van der Waals surface area contributed by atoms with Gasteiger partial charge in [-0.25, -0.2) is 0 Å². The quantitative estimate of drug-likeness (QED) is 0.0620. The van der Waals surface area contributed by atoms with Gasteiger partial charge in [-0.3, -0.25) is 18.7 Å². The van der Waals surface area contributed by atoms with Crippen LogP contribution in [-0.2, 0) is 29.6 Å². The average molecular weight is 679 g/mol. The van der Waals surface area contributed by atoms with Gasteiger partial charge in [0.1, 0.15) is 23.0 Å². The van der Waals surface area contributed by atoms with Crippen LogP contribution in [0.1, 0.15) is 65.7 Å². The van der Waals surface area contributed by atoms with Crippen LogP contribution in [0.4, 0.5) is 0 Å². The first kappa shape index (κ1) is 34.4. The number of aryl methyl sites for hydroxylation is 2. The van der Waals surface area contributed by atoms with Crippen molar-refractivity contribution in [2.24, 2.45) is 0 Å². The fourth-order valence-corrected chi connectivity index (χ4v) is 8.05. The molecule has 0 aromatic heterocycles. The van der Waals surface area contributed by atoms with Crippen LogP contribution in [0.3, 0.4) is 0 Å². The summed E-state index contributed by atoms with van der Waals surface area (Å²) in [6.45, 7) is 8.41. The summed E-state index contributed by atoms with van der Waals surface area (Å²) in [5.74, 6) is -0.155. The smallest absolute Gasteiger partial charge is 0.368 e. The zero-order valence-corrected chi connectivity index (χ0v) is 28.3. The van der Waals surface area contributed by atoms with E-state index < -0.39 is 19.5 Å². The van der Waals surface area contributed by atoms with E-state index in [4.69, 9.17) is 35.2 Å². The van der Waals surface area contributed by atoms with Gasteiger partial charge in [0.15, 0.2) is 6.35 Å². The molecular weight excluding hydrogens is 643 g/mol. The number of aliphatic carboxylic acids is 1. The van der Waals surface area contributed by atoms with Crippen molar-refractivity contribution in [2.45, 2.75) is 52.6 Å². The molecule has 8 nitrogen and oxygen atoms in total. The molecule has 3 aromatic carbocycles. The maximum absolute atomic E-state index is 13.4. The molecule has 1 aliphatic rings. The Kier molecular flexibility index (Phi) is 12.3. The molecule has 12 heteroatoms. The standard InChI is InChI=1S/C32H36ClO8PS2/c1-20(2)27-14-23(8-9-30(27)40-32(36)18-44-43-17-31(34)35)15-28-21(3)12-26(13-22(28)4)38-19-42(37)39-11-10-29(41-42)24-6-5-7-25(33)16-24/h5-9,12-14,16,20,29H,10-11,15,17-19H2,1-4H3,(H,34,35)/t29-,42+/m0/s1. The molecule has 1 heterocycles. The fourth-order valence-electron chi connectivity index (χ4n) is 4.84. The molecule has 1 fully saturated rings. The largest absolute Gasteiger partial charge is 0.481 e. The first-order valence-electron chi connectivity index (χ1n) is 14.1. The Morgan fingerprint density at radius 3 is 2.48 bits per heavy atom. The number of carboxylic acid groups (broad SMARTS) is 1. The van der Waals surface area contributed by atoms with Gasteiger partial charge in [-0.15, -0.1) is 0 Å². The summed E-state index contributed by atoms with van der Waals surface area (Å²) in [5.41, 5.74) is 6.04. The van der Waals surface area contributed by atoms with Gasteiger partial charge in [-0.2, -0.15) is 0 Å². The SMILES string of the molecule is Cc1cc(OC[P@@]2(=O)OCC[C@@H](c3cccc(Cl)c3)O2)cc(C)c1Cc1ccc(OC(=O)CSSCC(=O)O)c(C(C)C)c1. The minimum absolute atomic E-state index is 0.0558. The van der Waals surface area contributed by atoms with E-state index in [0.29, 0.717) is 36.0 Å². The number of esters is 1. The van der Waals surface area contributed by atoms with Gasteiger partial charge < -0.3 is 19.1 Å². The van der Waals surface area contributed by atoms with Crippen molar-refractivity contribution in [3.8, 4) is 11.5 Å². The van der Waals surface area contributed by atoms with Gasteiger partial charge >= 0.3 is 19.5 Å². The van der Waals surface area contributed by atoms with E-state index in [1.165, 1.54) is 0 Å². The van der Waals surface area contributed by atoms with Crippen LogP contribution in [-0.4, -0.2) is 41.5 Å². The highest BCUT2D eigenvalue weighted by atomic mass is 35.5. The Morgan fingerprint density at radius 1 is 1.07 bits per heavy atom. The fraction of sp³-hybridized carbons (Fsp3) is 0.375. The van der Waals surface area contributed by atoms with E-state index in [2.05, 4.69) is 6.07 Å². The molecule has 0 saturated carbocycles. The molecule has 1 aliphatic heterocycles. The van der Waals surface area contributed by atoms with Gasteiger partial charge in [-0.1, -0.05) is 71.3 Å². The van der Waals surface area contributed by atoms with Crippen molar-refractivity contribution in [1.29, 1.82) is 0 Å². The highest BCUT2D eigenvalue weighted by Crippen LogP contribution is 2.56. The molecule has 0 amide bonds. The van der Waals surface area contributed by atoms with Gasteiger partial charge in [0.25, 0.3) is 0 Å². The van der Waals surface area contributed by atoms with Crippen LogP contribution >= 0.6 is 40.8 Å². The van der Waals surface area contributed by atoms with E-state index in [1.807, 2.05) is 70.2 Å². The lowest BCUT2D eigenvalue weighted by Crippen LogP contribution is -2.17. The van der Waals surface area contributed by atoms with Crippen molar-refractivity contribution >= 4 is 52.7 Å². The molecule has 2 atom stereocenters. The number of halogens is 1. The van der Waals surface area contributed by atoms with Crippen molar-refractivity contribution < 1.29 is 37.8 Å². The van der Waals surface area contributed by atoms with Crippen LogP contribution < -0.4 is 9.47 Å². The molecule has 0 radical (unpaired) electrons. The van der Waals surface area contributed by atoms with Crippen LogP contribution in [0.5, 0.6) is 11.5 Å². The number of rotatable bonds is 13. The van der Waals surface area contributed by atoms with E-state index >= 15 is 0 Å². The lowest BCUT2D eigenvalue weighted by Gasteiger charge is -2.30. The van der Waals surface area contributed by atoms with Crippen LogP contribution in [0.2, 0.25) is 5.02 Å². The average Bonchev–Trinajstić information content (AvgIpc) is 2.96.